The molecule has 0 radical (unpaired) electrons. The first-order valence-electron chi connectivity index (χ1n) is 8.12. The van der Waals surface area contributed by atoms with E-state index in [-0.39, 0.29) is 12.0 Å². The van der Waals surface area contributed by atoms with E-state index in [0.717, 1.165) is 38.3 Å². The molecule has 2 unspecified atom stereocenters. The Morgan fingerprint density at radius 1 is 1.16 bits per heavy atom. The zero-order chi connectivity index (χ0) is 13.8. The Hall–Kier alpha value is -0.570. The second-order valence-corrected chi connectivity index (χ2v) is 6.81. The van der Waals surface area contributed by atoms with Crippen molar-refractivity contribution >= 4 is 5.91 Å². The first kappa shape index (κ1) is 14.8. The Morgan fingerprint density at radius 2 is 1.74 bits per heavy atom. The van der Waals surface area contributed by atoms with Gasteiger partial charge in [-0.25, -0.2) is 0 Å². The van der Waals surface area contributed by atoms with E-state index >= 15 is 0 Å². The summed E-state index contributed by atoms with van der Waals surface area (Å²) in [6.07, 6.45) is 8.68. The van der Waals surface area contributed by atoms with Gasteiger partial charge in [-0.05, 0) is 38.0 Å². The molecule has 3 heteroatoms. The lowest BCUT2D eigenvalue weighted by atomic mass is 9.89. The molecule has 19 heavy (non-hydrogen) atoms. The molecule has 1 amide bonds. The highest BCUT2D eigenvalue weighted by atomic mass is 16.2. The van der Waals surface area contributed by atoms with Gasteiger partial charge in [0.05, 0.1) is 0 Å². The van der Waals surface area contributed by atoms with Crippen molar-refractivity contribution in [3.8, 4) is 0 Å². The Morgan fingerprint density at radius 3 is 2.26 bits per heavy atom. The molecule has 0 aromatic heterocycles. The van der Waals surface area contributed by atoms with Crippen LogP contribution >= 0.6 is 0 Å². The Labute approximate surface area is 117 Å². The van der Waals surface area contributed by atoms with E-state index in [1.165, 1.54) is 25.7 Å². The van der Waals surface area contributed by atoms with Gasteiger partial charge in [0.25, 0.3) is 0 Å². The minimum Gasteiger partial charge on any atom is -0.342 e. The molecule has 1 saturated heterocycles. The maximum absolute atomic E-state index is 12.5. The van der Waals surface area contributed by atoms with Crippen LogP contribution in [-0.4, -0.2) is 29.9 Å². The van der Waals surface area contributed by atoms with Gasteiger partial charge in [0.15, 0.2) is 0 Å². The van der Waals surface area contributed by atoms with Crippen LogP contribution < -0.4 is 5.73 Å². The summed E-state index contributed by atoms with van der Waals surface area (Å²) in [7, 11) is 0. The SMILES string of the molecule is CC(CC1CCCC1)C(=O)N1CCC(C(C)N)CC1. The van der Waals surface area contributed by atoms with E-state index in [9.17, 15) is 4.79 Å². The molecule has 1 heterocycles. The first-order chi connectivity index (χ1) is 9.08. The smallest absolute Gasteiger partial charge is 0.225 e. The zero-order valence-electron chi connectivity index (χ0n) is 12.6. The molecular weight excluding hydrogens is 236 g/mol. The number of carbonyl (C=O) groups is 1. The first-order valence-corrected chi connectivity index (χ1v) is 8.12. The lowest BCUT2D eigenvalue weighted by Gasteiger charge is -2.35. The number of nitrogens with zero attached hydrogens (tertiary/aromatic N) is 1. The highest BCUT2D eigenvalue weighted by Crippen LogP contribution is 2.31. The van der Waals surface area contributed by atoms with E-state index < -0.39 is 0 Å². The molecule has 2 aliphatic rings. The van der Waals surface area contributed by atoms with Crippen LogP contribution in [0.15, 0.2) is 0 Å². The molecule has 3 nitrogen and oxygen atoms in total. The fraction of sp³-hybridized carbons (Fsp3) is 0.938. The van der Waals surface area contributed by atoms with Crippen LogP contribution in [0.25, 0.3) is 0 Å². The highest BCUT2D eigenvalue weighted by molar-refractivity contribution is 5.78. The second-order valence-electron chi connectivity index (χ2n) is 6.81. The summed E-state index contributed by atoms with van der Waals surface area (Å²) in [6.45, 7) is 6.04. The van der Waals surface area contributed by atoms with E-state index in [4.69, 9.17) is 5.73 Å². The average Bonchev–Trinajstić information content (AvgIpc) is 2.90. The van der Waals surface area contributed by atoms with Crippen LogP contribution in [0.1, 0.15) is 58.8 Å². The monoisotopic (exact) mass is 266 g/mol. The van der Waals surface area contributed by atoms with Gasteiger partial charge in [0.1, 0.15) is 0 Å². The van der Waals surface area contributed by atoms with Crippen molar-refractivity contribution < 1.29 is 4.79 Å². The molecule has 0 aromatic carbocycles. The standard InChI is InChI=1S/C16H30N2O/c1-12(11-14-5-3-4-6-14)16(19)18-9-7-15(8-10-18)13(2)17/h12-15H,3-11,17H2,1-2H3. The van der Waals surface area contributed by atoms with Crippen molar-refractivity contribution in [3.05, 3.63) is 0 Å². The van der Waals surface area contributed by atoms with Gasteiger partial charge in [-0.2, -0.15) is 0 Å². The Kier molecular flexibility index (Phi) is 5.26. The quantitative estimate of drug-likeness (QED) is 0.850. The third kappa shape index (κ3) is 3.95. The summed E-state index contributed by atoms with van der Waals surface area (Å²) >= 11 is 0. The lowest BCUT2D eigenvalue weighted by molar-refractivity contribution is -0.137. The van der Waals surface area contributed by atoms with Gasteiger partial charge in [-0.1, -0.05) is 32.6 Å². The van der Waals surface area contributed by atoms with E-state index in [1.807, 2.05) is 0 Å². The summed E-state index contributed by atoms with van der Waals surface area (Å²) < 4.78 is 0. The number of amides is 1. The molecule has 2 atom stereocenters. The summed E-state index contributed by atoms with van der Waals surface area (Å²) in [5.41, 5.74) is 5.95. The van der Waals surface area contributed by atoms with Gasteiger partial charge < -0.3 is 10.6 Å². The van der Waals surface area contributed by atoms with Crippen LogP contribution in [0, 0.1) is 17.8 Å². The topological polar surface area (TPSA) is 46.3 Å². The third-order valence-electron chi connectivity index (χ3n) is 5.18. The molecule has 1 aliphatic heterocycles. The van der Waals surface area contributed by atoms with Crippen molar-refractivity contribution in [2.24, 2.45) is 23.5 Å². The normalized spacial score (nSPS) is 25.5. The van der Waals surface area contributed by atoms with E-state index in [1.54, 1.807) is 0 Å². The van der Waals surface area contributed by atoms with Crippen molar-refractivity contribution in [2.45, 2.75) is 64.8 Å². The zero-order valence-corrected chi connectivity index (χ0v) is 12.6. The predicted octanol–water partition coefficient (Wildman–Crippen LogP) is 2.79. The van der Waals surface area contributed by atoms with Gasteiger partial charge >= 0.3 is 0 Å². The molecule has 2 N–H and O–H groups in total. The second kappa shape index (κ2) is 6.74. The molecule has 2 rings (SSSR count). The number of rotatable bonds is 4. The molecule has 0 spiro atoms. The summed E-state index contributed by atoms with van der Waals surface area (Å²) in [4.78, 5) is 14.5. The molecule has 0 aromatic rings. The molecule has 1 saturated carbocycles. The fourth-order valence-electron chi connectivity index (χ4n) is 3.80. The van der Waals surface area contributed by atoms with Crippen LogP contribution in [0.3, 0.4) is 0 Å². The highest BCUT2D eigenvalue weighted by Gasteiger charge is 2.29. The molecule has 2 fully saturated rings. The van der Waals surface area contributed by atoms with Crippen molar-refractivity contribution in [2.75, 3.05) is 13.1 Å². The summed E-state index contributed by atoms with van der Waals surface area (Å²) in [5, 5.41) is 0. The fourth-order valence-corrected chi connectivity index (χ4v) is 3.80. The van der Waals surface area contributed by atoms with E-state index in [2.05, 4.69) is 18.7 Å². The van der Waals surface area contributed by atoms with Crippen LogP contribution in [0.2, 0.25) is 0 Å². The molecule has 0 bridgehead atoms. The molecule has 110 valence electrons. The molecule has 1 aliphatic carbocycles. The van der Waals surface area contributed by atoms with Crippen LogP contribution in [-0.2, 0) is 4.79 Å². The number of piperidine rings is 1. The molecular formula is C16H30N2O. The van der Waals surface area contributed by atoms with Gasteiger partial charge in [0, 0.05) is 25.0 Å². The Balaban J connectivity index is 1.76. The number of likely N-dealkylation sites (tertiary alicyclic amines) is 1. The third-order valence-corrected chi connectivity index (χ3v) is 5.18. The van der Waals surface area contributed by atoms with Crippen molar-refractivity contribution in [1.29, 1.82) is 0 Å². The maximum atomic E-state index is 12.5. The summed E-state index contributed by atoms with van der Waals surface area (Å²) in [5.74, 6) is 2.01. The van der Waals surface area contributed by atoms with Crippen LogP contribution in [0.5, 0.6) is 0 Å². The average molecular weight is 266 g/mol. The number of nitrogens with two attached hydrogens (primary N) is 1. The summed E-state index contributed by atoms with van der Waals surface area (Å²) in [6, 6.07) is 0.271. The lowest BCUT2D eigenvalue weighted by Crippen LogP contribution is -2.44. The largest absolute Gasteiger partial charge is 0.342 e. The number of hydrogen-bond donors (Lipinski definition) is 1. The number of hydrogen-bond acceptors (Lipinski definition) is 2. The number of carbonyl (C=O) groups excluding carboxylic acids is 1. The van der Waals surface area contributed by atoms with Gasteiger partial charge in [-0.3, -0.25) is 4.79 Å². The van der Waals surface area contributed by atoms with Crippen molar-refractivity contribution in [1.82, 2.24) is 4.90 Å². The minimum atomic E-state index is 0.218. The van der Waals surface area contributed by atoms with Gasteiger partial charge in [0.2, 0.25) is 5.91 Å². The van der Waals surface area contributed by atoms with E-state index in [0.29, 0.717) is 11.8 Å². The maximum Gasteiger partial charge on any atom is 0.225 e. The van der Waals surface area contributed by atoms with Gasteiger partial charge in [-0.15, -0.1) is 0 Å². The van der Waals surface area contributed by atoms with Crippen molar-refractivity contribution in [3.63, 3.8) is 0 Å². The minimum absolute atomic E-state index is 0.218. The predicted molar refractivity (Wildman–Crippen MR) is 78.7 cm³/mol. The van der Waals surface area contributed by atoms with Crippen LogP contribution in [0.4, 0.5) is 0 Å². The Bertz CT molecular complexity index is 289.